The van der Waals surface area contributed by atoms with Crippen LogP contribution in [0.15, 0.2) is 42.5 Å². The van der Waals surface area contributed by atoms with Crippen molar-refractivity contribution in [3.63, 3.8) is 0 Å². The van der Waals surface area contributed by atoms with Gasteiger partial charge in [0.2, 0.25) is 0 Å². The van der Waals surface area contributed by atoms with E-state index in [1.54, 1.807) is 55.4 Å². The van der Waals surface area contributed by atoms with Gasteiger partial charge >= 0.3 is 26.3 Å². The first kappa shape index (κ1) is 41.6. The molecule has 2 aromatic rings. The van der Waals surface area contributed by atoms with Gasteiger partial charge in [-0.2, -0.15) is 26.3 Å². The molecule has 3 rings (SSSR count). The van der Waals surface area contributed by atoms with Gasteiger partial charge in [-0.05, 0) is 129 Å². The summed E-state index contributed by atoms with van der Waals surface area (Å²) in [6.45, 7) is 13.1. The lowest BCUT2D eigenvalue weighted by Crippen LogP contribution is -2.51. The zero-order chi connectivity index (χ0) is 37.8. The average molecular weight is 740 g/mol. The fourth-order valence-electron chi connectivity index (χ4n) is 5.24. The van der Waals surface area contributed by atoms with Gasteiger partial charge in [0.1, 0.15) is 11.4 Å². The predicted octanol–water partition coefficient (Wildman–Crippen LogP) is 10.5. The maximum atomic E-state index is 14.2. The molecule has 0 aliphatic carbocycles. The number of rotatable bonds is 13. The molecule has 0 aromatic heterocycles. The van der Waals surface area contributed by atoms with Gasteiger partial charge in [0.05, 0.1) is 41.1 Å². The molecule has 1 atom stereocenters. The second kappa shape index (κ2) is 15.4. The van der Waals surface area contributed by atoms with Gasteiger partial charge in [-0.1, -0.05) is 18.2 Å². The Balaban J connectivity index is 1.79. The summed E-state index contributed by atoms with van der Waals surface area (Å²) in [5.74, 6) is -0.385. The number of carbonyl (C=O) groups is 1. The third-order valence-electron chi connectivity index (χ3n) is 7.60. The molecule has 50 heavy (non-hydrogen) atoms. The molecule has 1 heterocycles. The zero-order valence-electron chi connectivity index (χ0n) is 29.8. The number of benzene rings is 2. The second-order valence-corrected chi connectivity index (χ2v) is 16.7. The number of phosphoric ester groups is 1. The van der Waals surface area contributed by atoms with E-state index in [4.69, 9.17) is 23.0 Å². The SMILES string of the molecule is CC(C)(C)OP(=O)(OCC1(CCc2ccc(OCCCc3ccc(C(F)(F)F)cc3)c(C(F)(F)F)c2)CCC(C)(C)OC(=O)N1)OC(C)(C)C. The van der Waals surface area contributed by atoms with Crippen LogP contribution in [0.4, 0.5) is 31.1 Å². The van der Waals surface area contributed by atoms with Gasteiger partial charge in [-0.3, -0.25) is 13.6 Å². The van der Waals surface area contributed by atoms with Crippen molar-refractivity contribution in [2.75, 3.05) is 13.2 Å². The standard InChI is InChI=1S/C35H48F6NO7P/c1-30(2,3)48-50(44,49-31(4,5)6)46-23-33(20-19-32(7,8)47-29(43)42-33)18-17-25-13-16-28(27(22-25)35(39,40)41)45-21-9-10-24-11-14-26(15-12-24)34(36,37)38/h11-16,22H,9-10,17-21,23H2,1-8H3,(H,42,43). The van der Waals surface area contributed by atoms with Gasteiger partial charge in [0, 0.05) is 0 Å². The van der Waals surface area contributed by atoms with E-state index in [9.17, 15) is 35.7 Å². The second-order valence-electron chi connectivity index (χ2n) is 15.2. The van der Waals surface area contributed by atoms with Crippen LogP contribution in [0.3, 0.4) is 0 Å². The quantitative estimate of drug-likeness (QED) is 0.124. The molecule has 1 N–H and O–H groups in total. The van der Waals surface area contributed by atoms with Gasteiger partial charge in [-0.25, -0.2) is 9.36 Å². The van der Waals surface area contributed by atoms with Gasteiger partial charge < -0.3 is 14.8 Å². The average Bonchev–Trinajstić information content (AvgIpc) is 3.05. The fourth-order valence-corrected chi connectivity index (χ4v) is 7.13. The molecule has 0 radical (unpaired) electrons. The van der Waals surface area contributed by atoms with E-state index in [2.05, 4.69) is 5.32 Å². The summed E-state index contributed by atoms with van der Waals surface area (Å²) >= 11 is 0. The predicted molar refractivity (Wildman–Crippen MR) is 176 cm³/mol. The summed E-state index contributed by atoms with van der Waals surface area (Å²) in [5.41, 5.74) is -4.80. The summed E-state index contributed by atoms with van der Waals surface area (Å²) in [7, 11) is -4.21. The van der Waals surface area contributed by atoms with Crippen molar-refractivity contribution in [2.24, 2.45) is 0 Å². The molecule has 0 spiro atoms. The van der Waals surface area contributed by atoms with Crippen LogP contribution >= 0.6 is 7.82 Å². The minimum Gasteiger partial charge on any atom is -0.493 e. The van der Waals surface area contributed by atoms with Crippen molar-refractivity contribution in [1.29, 1.82) is 0 Å². The van der Waals surface area contributed by atoms with Gasteiger partial charge in [0.15, 0.2) is 0 Å². The molecule has 1 aliphatic heterocycles. The maximum Gasteiger partial charge on any atom is 0.475 e. The number of halogens is 6. The monoisotopic (exact) mass is 739 g/mol. The molecular weight excluding hydrogens is 691 g/mol. The van der Waals surface area contributed by atoms with E-state index in [0.717, 1.165) is 18.2 Å². The molecule has 0 saturated carbocycles. The molecule has 1 saturated heterocycles. The number of cyclic esters (lactones) is 1. The lowest BCUT2D eigenvalue weighted by atomic mass is 9.84. The van der Waals surface area contributed by atoms with E-state index < -0.39 is 59.7 Å². The Labute approximate surface area is 290 Å². The molecule has 8 nitrogen and oxygen atoms in total. The third kappa shape index (κ3) is 13.4. The van der Waals surface area contributed by atoms with Crippen LogP contribution in [-0.4, -0.2) is 41.6 Å². The first-order valence-corrected chi connectivity index (χ1v) is 17.8. The summed E-state index contributed by atoms with van der Waals surface area (Å²) in [6, 6.07) is 8.26. The lowest BCUT2D eigenvalue weighted by molar-refractivity contribution is -0.139. The number of alkyl carbamates (subject to hydrolysis) is 1. The van der Waals surface area contributed by atoms with E-state index in [1.165, 1.54) is 24.3 Å². The van der Waals surface area contributed by atoms with Crippen molar-refractivity contribution < 1.29 is 58.7 Å². The van der Waals surface area contributed by atoms with Crippen LogP contribution in [-0.2, 0) is 48.1 Å². The zero-order valence-corrected chi connectivity index (χ0v) is 30.7. The highest BCUT2D eigenvalue weighted by Gasteiger charge is 2.45. The molecule has 1 amide bonds. The van der Waals surface area contributed by atoms with E-state index in [0.29, 0.717) is 24.0 Å². The Hall–Kier alpha value is -2.80. The van der Waals surface area contributed by atoms with Crippen molar-refractivity contribution in [3.05, 3.63) is 64.7 Å². The lowest BCUT2D eigenvalue weighted by Gasteiger charge is -2.36. The smallest absolute Gasteiger partial charge is 0.475 e. The number of amides is 1. The number of aryl methyl sites for hydroxylation is 2. The number of hydrogen-bond donors (Lipinski definition) is 1. The van der Waals surface area contributed by atoms with Crippen LogP contribution in [0.2, 0.25) is 0 Å². The molecule has 2 aromatic carbocycles. The van der Waals surface area contributed by atoms with Crippen molar-refractivity contribution in [2.45, 2.75) is 129 Å². The molecular formula is C35H48F6NO7P. The molecule has 1 fully saturated rings. The molecule has 282 valence electrons. The largest absolute Gasteiger partial charge is 0.493 e. The Bertz CT molecular complexity index is 1480. The number of carbonyl (C=O) groups excluding carboxylic acids is 1. The Kier molecular flexibility index (Phi) is 12.8. The van der Waals surface area contributed by atoms with Crippen LogP contribution < -0.4 is 10.1 Å². The van der Waals surface area contributed by atoms with Crippen LogP contribution in [0.1, 0.15) is 103 Å². The van der Waals surface area contributed by atoms with Gasteiger partial charge in [-0.15, -0.1) is 0 Å². The Morgan fingerprint density at radius 1 is 0.820 bits per heavy atom. The number of ether oxygens (including phenoxy) is 2. The van der Waals surface area contributed by atoms with E-state index in [1.807, 2.05) is 0 Å². The highest BCUT2D eigenvalue weighted by atomic mass is 31.2. The topological polar surface area (TPSA) is 92.3 Å². The van der Waals surface area contributed by atoms with E-state index >= 15 is 0 Å². The fraction of sp³-hybridized carbons (Fsp3) is 0.629. The highest BCUT2D eigenvalue weighted by Crippen LogP contribution is 2.56. The minimum atomic E-state index is -4.75. The molecule has 1 aliphatic rings. The van der Waals surface area contributed by atoms with Crippen molar-refractivity contribution in [3.8, 4) is 5.75 Å². The highest BCUT2D eigenvalue weighted by molar-refractivity contribution is 7.48. The summed E-state index contributed by atoms with van der Waals surface area (Å²) in [4.78, 5) is 12.9. The van der Waals surface area contributed by atoms with Crippen molar-refractivity contribution in [1.82, 2.24) is 5.32 Å². The Morgan fingerprint density at radius 3 is 1.94 bits per heavy atom. The third-order valence-corrected chi connectivity index (χ3v) is 9.59. The molecule has 1 unspecified atom stereocenters. The number of alkyl halides is 6. The summed E-state index contributed by atoms with van der Waals surface area (Å²) in [6.07, 6.45) is -8.59. The number of nitrogens with one attached hydrogen (secondary N) is 1. The Morgan fingerprint density at radius 2 is 1.40 bits per heavy atom. The minimum absolute atomic E-state index is 0.0614. The maximum absolute atomic E-state index is 14.2. The summed E-state index contributed by atoms with van der Waals surface area (Å²) < 4.78 is 123. The molecule has 15 heteroatoms. The summed E-state index contributed by atoms with van der Waals surface area (Å²) in [5, 5.41) is 2.81. The first-order valence-electron chi connectivity index (χ1n) is 16.3. The van der Waals surface area contributed by atoms with Crippen LogP contribution in [0, 0.1) is 0 Å². The number of hydrogen-bond acceptors (Lipinski definition) is 7. The molecule has 0 bridgehead atoms. The van der Waals surface area contributed by atoms with Gasteiger partial charge in [0.25, 0.3) is 0 Å². The van der Waals surface area contributed by atoms with Crippen molar-refractivity contribution >= 4 is 13.9 Å². The first-order chi connectivity index (χ1) is 22.7. The van der Waals surface area contributed by atoms with E-state index in [-0.39, 0.29) is 44.6 Å². The van der Waals surface area contributed by atoms with Crippen LogP contribution in [0.5, 0.6) is 5.75 Å². The van der Waals surface area contributed by atoms with Crippen LogP contribution in [0.25, 0.3) is 0 Å². The normalized spacial score (nSPS) is 19.0. The number of phosphoric acid groups is 1.